The smallest absolute Gasteiger partial charge is 0.255 e. The third-order valence-electron chi connectivity index (χ3n) is 3.37. The summed E-state index contributed by atoms with van der Waals surface area (Å²) in [7, 11) is 0. The minimum atomic E-state index is 0.0295. The summed E-state index contributed by atoms with van der Waals surface area (Å²) in [5, 5.41) is 0.446. The molecule has 98 valence electrons. The van der Waals surface area contributed by atoms with Crippen molar-refractivity contribution >= 4 is 23.2 Å². The topological polar surface area (TPSA) is 46.3 Å². The van der Waals surface area contributed by atoms with E-state index in [0.29, 0.717) is 16.3 Å². The molecule has 1 saturated heterocycles. The molecular formula is C14H19ClN2O. The van der Waals surface area contributed by atoms with Crippen molar-refractivity contribution in [2.75, 3.05) is 18.8 Å². The first kappa shape index (κ1) is 13.2. The molecule has 0 aliphatic carbocycles. The number of likely N-dealkylation sites (tertiary alicyclic amines) is 1. The predicted octanol–water partition coefficient (Wildman–Crippen LogP) is 3.33. The van der Waals surface area contributed by atoms with Crippen molar-refractivity contribution in [1.82, 2.24) is 4.90 Å². The summed E-state index contributed by atoms with van der Waals surface area (Å²) in [5.74, 6) is 0.0295. The molecule has 1 aromatic carbocycles. The van der Waals surface area contributed by atoms with Crippen LogP contribution in [0.1, 0.15) is 42.5 Å². The van der Waals surface area contributed by atoms with Gasteiger partial charge in [-0.1, -0.05) is 30.9 Å². The van der Waals surface area contributed by atoms with Gasteiger partial charge in [-0.3, -0.25) is 4.79 Å². The number of halogens is 1. The van der Waals surface area contributed by atoms with Crippen LogP contribution in [0.15, 0.2) is 18.2 Å². The number of nitrogen functional groups attached to an aromatic ring is 1. The average molecular weight is 267 g/mol. The highest BCUT2D eigenvalue weighted by Gasteiger charge is 2.18. The number of benzene rings is 1. The molecule has 0 radical (unpaired) electrons. The summed E-state index contributed by atoms with van der Waals surface area (Å²) in [6.45, 7) is 1.67. The zero-order chi connectivity index (χ0) is 13.0. The van der Waals surface area contributed by atoms with Crippen molar-refractivity contribution in [3.63, 3.8) is 0 Å². The molecule has 1 fully saturated rings. The number of hydrogen-bond acceptors (Lipinski definition) is 2. The van der Waals surface area contributed by atoms with Crippen LogP contribution in [0.4, 0.5) is 5.69 Å². The van der Waals surface area contributed by atoms with Gasteiger partial charge in [0.05, 0.1) is 10.6 Å². The van der Waals surface area contributed by atoms with Crippen LogP contribution < -0.4 is 5.73 Å². The molecule has 0 unspecified atom stereocenters. The molecule has 0 spiro atoms. The van der Waals surface area contributed by atoms with E-state index in [2.05, 4.69) is 0 Å². The maximum Gasteiger partial charge on any atom is 0.255 e. The fourth-order valence-electron chi connectivity index (χ4n) is 2.33. The van der Waals surface area contributed by atoms with Gasteiger partial charge in [0.15, 0.2) is 0 Å². The van der Waals surface area contributed by atoms with Crippen molar-refractivity contribution in [1.29, 1.82) is 0 Å². The molecule has 18 heavy (non-hydrogen) atoms. The van der Waals surface area contributed by atoms with Gasteiger partial charge in [0.25, 0.3) is 5.91 Å². The van der Waals surface area contributed by atoms with Crippen molar-refractivity contribution < 1.29 is 4.79 Å². The van der Waals surface area contributed by atoms with E-state index in [0.717, 1.165) is 25.9 Å². The van der Waals surface area contributed by atoms with Gasteiger partial charge in [-0.25, -0.2) is 0 Å². The Balaban J connectivity index is 2.13. The van der Waals surface area contributed by atoms with Crippen LogP contribution in [0.25, 0.3) is 0 Å². The van der Waals surface area contributed by atoms with Crippen LogP contribution in [0.3, 0.4) is 0 Å². The molecule has 1 aliphatic heterocycles. The Morgan fingerprint density at radius 2 is 1.72 bits per heavy atom. The normalized spacial score (nSPS) is 17.1. The minimum absolute atomic E-state index is 0.0295. The van der Waals surface area contributed by atoms with Gasteiger partial charge in [-0.2, -0.15) is 0 Å². The molecule has 0 aromatic heterocycles. The van der Waals surface area contributed by atoms with Crippen LogP contribution in [0, 0.1) is 0 Å². The van der Waals surface area contributed by atoms with Crippen molar-refractivity contribution in [3.05, 3.63) is 28.8 Å². The molecule has 2 rings (SSSR count). The minimum Gasteiger partial charge on any atom is -0.399 e. The number of amides is 1. The third-order valence-corrected chi connectivity index (χ3v) is 3.68. The summed E-state index contributed by atoms with van der Waals surface area (Å²) in [6, 6.07) is 5.08. The quantitative estimate of drug-likeness (QED) is 0.793. The third kappa shape index (κ3) is 3.16. The lowest BCUT2D eigenvalue weighted by atomic mass is 10.1. The highest BCUT2D eigenvalue weighted by molar-refractivity contribution is 6.34. The maximum atomic E-state index is 12.4. The van der Waals surface area contributed by atoms with E-state index in [4.69, 9.17) is 17.3 Å². The highest BCUT2D eigenvalue weighted by atomic mass is 35.5. The molecule has 1 amide bonds. The molecule has 4 heteroatoms. The predicted molar refractivity (Wildman–Crippen MR) is 74.9 cm³/mol. The van der Waals surface area contributed by atoms with Gasteiger partial charge in [0.1, 0.15) is 0 Å². The lowest BCUT2D eigenvalue weighted by Gasteiger charge is -2.25. The molecule has 3 nitrogen and oxygen atoms in total. The molecule has 1 aromatic rings. The number of nitrogens with two attached hydrogens (primary N) is 1. The van der Waals surface area contributed by atoms with Gasteiger partial charge in [0, 0.05) is 18.8 Å². The van der Waals surface area contributed by atoms with Crippen LogP contribution in [0.5, 0.6) is 0 Å². The fraction of sp³-hybridized carbons (Fsp3) is 0.500. The average Bonchev–Trinajstić information content (AvgIpc) is 2.27. The van der Waals surface area contributed by atoms with Gasteiger partial charge in [-0.05, 0) is 31.0 Å². The Hall–Kier alpha value is -1.22. The molecule has 2 N–H and O–H groups in total. The Morgan fingerprint density at radius 1 is 1.11 bits per heavy atom. The zero-order valence-corrected chi connectivity index (χ0v) is 11.2. The first-order valence-corrected chi connectivity index (χ1v) is 6.90. The second kappa shape index (κ2) is 6.10. The Kier molecular flexibility index (Phi) is 4.48. The van der Waals surface area contributed by atoms with E-state index < -0.39 is 0 Å². The maximum absolute atomic E-state index is 12.4. The highest BCUT2D eigenvalue weighted by Crippen LogP contribution is 2.22. The molecule has 1 heterocycles. The van der Waals surface area contributed by atoms with E-state index >= 15 is 0 Å². The first-order valence-electron chi connectivity index (χ1n) is 6.53. The Morgan fingerprint density at radius 3 is 2.33 bits per heavy atom. The molecule has 0 saturated carbocycles. The summed E-state index contributed by atoms with van der Waals surface area (Å²) >= 11 is 6.09. The monoisotopic (exact) mass is 266 g/mol. The van der Waals surface area contributed by atoms with Crippen molar-refractivity contribution in [2.24, 2.45) is 0 Å². The van der Waals surface area contributed by atoms with Crippen LogP contribution in [-0.2, 0) is 0 Å². The SMILES string of the molecule is Nc1ccc(C(=O)N2CCCCCCC2)c(Cl)c1. The molecule has 0 atom stereocenters. The van der Waals surface area contributed by atoms with Gasteiger partial charge < -0.3 is 10.6 Å². The van der Waals surface area contributed by atoms with E-state index in [1.165, 1.54) is 19.3 Å². The second-order valence-electron chi connectivity index (χ2n) is 4.80. The van der Waals surface area contributed by atoms with E-state index in [9.17, 15) is 4.79 Å². The standard InChI is InChI=1S/C14H19ClN2O/c15-13-10-11(16)6-7-12(13)14(18)17-8-4-2-1-3-5-9-17/h6-7,10H,1-5,8-9,16H2. The van der Waals surface area contributed by atoms with Crippen LogP contribution in [0.2, 0.25) is 5.02 Å². The first-order chi connectivity index (χ1) is 8.68. The van der Waals surface area contributed by atoms with E-state index in [-0.39, 0.29) is 5.91 Å². The van der Waals surface area contributed by atoms with Crippen molar-refractivity contribution in [3.8, 4) is 0 Å². The lowest BCUT2D eigenvalue weighted by molar-refractivity contribution is 0.0742. The van der Waals surface area contributed by atoms with E-state index in [1.54, 1.807) is 18.2 Å². The number of anilines is 1. The Bertz CT molecular complexity index is 426. The summed E-state index contributed by atoms with van der Waals surface area (Å²) < 4.78 is 0. The molecule has 0 bridgehead atoms. The van der Waals surface area contributed by atoms with Crippen LogP contribution in [-0.4, -0.2) is 23.9 Å². The summed E-state index contributed by atoms with van der Waals surface area (Å²) in [6.07, 6.45) is 5.86. The fourth-order valence-corrected chi connectivity index (χ4v) is 2.60. The van der Waals surface area contributed by atoms with Crippen molar-refractivity contribution in [2.45, 2.75) is 32.1 Å². The molecule has 1 aliphatic rings. The Labute approximate surface area is 113 Å². The lowest BCUT2D eigenvalue weighted by Crippen LogP contribution is -2.34. The number of carbonyl (C=O) groups excluding carboxylic acids is 1. The van der Waals surface area contributed by atoms with E-state index in [1.807, 2.05) is 4.90 Å². The summed E-state index contributed by atoms with van der Waals surface area (Å²) in [5.41, 5.74) is 6.79. The molecular weight excluding hydrogens is 248 g/mol. The second-order valence-corrected chi connectivity index (χ2v) is 5.21. The number of nitrogens with zero attached hydrogens (tertiary/aromatic N) is 1. The summed E-state index contributed by atoms with van der Waals surface area (Å²) in [4.78, 5) is 14.3. The van der Waals surface area contributed by atoms with Gasteiger partial charge in [0.2, 0.25) is 0 Å². The number of rotatable bonds is 1. The number of hydrogen-bond donors (Lipinski definition) is 1. The van der Waals surface area contributed by atoms with Gasteiger partial charge >= 0.3 is 0 Å². The van der Waals surface area contributed by atoms with Crippen LogP contribution >= 0.6 is 11.6 Å². The zero-order valence-electron chi connectivity index (χ0n) is 10.5. The van der Waals surface area contributed by atoms with Gasteiger partial charge in [-0.15, -0.1) is 0 Å². The number of carbonyl (C=O) groups is 1. The largest absolute Gasteiger partial charge is 0.399 e.